The molecule has 0 spiro atoms. The van der Waals surface area contributed by atoms with Crippen molar-refractivity contribution in [3.05, 3.63) is 0 Å². The summed E-state index contributed by atoms with van der Waals surface area (Å²) in [5.41, 5.74) is 0. The first kappa shape index (κ1) is 14.7. The Morgan fingerprint density at radius 3 is 2.24 bits per heavy atom. The van der Waals surface area contributed by atoms with Crippen LogP contribution in [0.5, 0.6) is 0 Å². The van der Waals surface area contributed by atoms with Crippen LogP contribution in [0.3, 0.4) is 0 Å². The Labute approximate surface area is 98.8 Å². The molecule has 0 amide bonds. The Kier molecular flexibility index (Phi) is 4.76. The average molecular weight is 275 g/mol. The number of alkyl halides is 3. The molecule has 9 heteroatoms. The standard InChI is InChI=1S/C8H16F3N3O2S/c1-2-13(7-8(9,10)11)17(15,16)14-5-3-12-4-6-14/h12H,2-7H2,1H3. The fraction of sp³-hybridized carbons (Fsp3) is 1.00. The van der Waals surface area contributed by atoms with Gasteiger partial charge in [0.05, 0.1) is 0 Å². The Morgan fingerprint density at radius 1 is 1.29 bits per heavy atom. The van der Waals surface area contributed by atoms with E-state index in [0.717, 1.165) is 4.31 Å². The van der Waals surface area contributed by atoms with Crippen LogP contribution >= 0.6 is 0 Å². The van der Waals surface area contributed by atoms with Gasteiger partial charge in [0.15, 0.2) is 0 Å². The molecule has 1 fully saturated rings. The summed E-state index contributed by atoms with van der Waals surface area (Å²) in [6.07, 6.45) is -4.52. The first-order chi connectivity index (χ1) is 7.77. The summed E-state index contributed by atoms with van der Waals surface area (Å²) < 4.78 is 62.1. The van der Waals surface area contributed by atoms with Gasteiger partial charge < -0.3 is 5.32 Å². The van der Waals surface area contributed by atoms with Gasteiger partial charge in [-0.3, -0.25) is 0 Å². The molecule has 0 atom stereocenters. The summed E-state index contributed by atoms with van der Waals surface area (Å²) in [6.45, 7) is 1.10. The van der Waals surface area contributed by atoms with E-state index >= 15 is 0 Å². The van der Waals surface area contributed by atoms with Crippen molar-refractivity contribution >= 4 is 10.2 Å². The largest absolute Gasteiger partial charge is 0.402 e. The van der Waals surface area contributed by atoms with E-state index in [2.05, 4.69) is 5.32 Å². The van der Waals surface area contributed by atoms with Gasteiger partial charge in [0.1, 0.15) is 6.54 Å². The van der Waals surface area contributed by atoms with Gasteiger partial charge in [-0.15, -0.1) is 0 Å². The fourth-order valence-electron chi connectivity index (χ4n) is 1.59. The van der Waals surface area contributed by atoms with Gasteiger partial charge in [-0.25, -0.2) is 0 Å². The van der Waals surface area contributed by atoms with Gasteiger partial charge in [-0.1, -0.05) is 6.92 Å². The quantitative estimate of drug-likeness (QED) is 0.787. The molecule has 0 aromatic rings. The predicted molar refractivity (Wildman–Crippen MR) is 56.7 cm³/mol. The van der Waals surface area contributed by atoms with Crippen LogP contribution in [0.2, 0.25) is 0 Å². The van der Waals surface area contributed by atoms with Crippen molar-refractivity contribution in [3.63, 3.8) is 0 Å². The third kappa shape index (κ3) is 4.09. The van der Waals surface area contributed by atoms with Crippen LogP contribution in [0.1, 0.15) is 6.92 Å². The van der Waals surface area contributed by atoms with Crippen LogP contribution in [-0.4, -0.2) is 62.5 Å². The van der Waals surface area contributed by atoms with E-state index in [1.54, 1.807) is 0 Å². The zero-order valence-corrected chi connectivity index (χ0v) is 10.3. The lowest BCUT2D eigenvalue weighted by Crippen LogP contribution is -2.53. The maximum Gasteiger partial charge on any atom is 0.402 e. The highest BCUT2D eigenvalue weighted by atomic mass is 32.2. The van der Waals surface area contributed by atoms with E-state index in [-0.39, 0.29) is 19.6 Å². The molecule has 0 aliphatic carbocycles. The molecule has 5 nitrogen and oxygen atoms in total. The van der Waals surface area contributed by atoms with Crippen molar-refractivity contribution in [1.82, 2.24) is 13.9 Å². The van der Waals surface area contributed by atoms with Crippen molar-refractivity contribution in [2.75, 3.05) is 39.3 Å². The van der Waals surface area contributed by atoms with E-state index in [1.165, 1.54) is 6.92 Å². The summed E-state index contributed by atoms with van der Waals surface area (Å²) >= 11 is 0. The molecule has 1 heterocycles. The number of nitrogens with zero attached hydrogens (tertiary/aromatic N) is 2. The van der Waals surface area contributed by atoms with Crippen LogP contribution in [0.4, 0.5) is 13.2 Å². The van der Waals surface area contributed by atoms with E-state index < -0.39 is 22.9 Å². The van der Waals surface area contributed by atoms with Gasteiger partial charge >= 0.3 is 6.18 Å². The van der Waals surface area contributed by atoms with Crippen LogP contribution in [-0.2, 0) is 10.2 Å². The molecule has 1 N–H and O–H groups in total. The van der Waals surface area contributed by atoms with Crippen molar-refractivity contribution in [2.24, 2.45) is 0 Å². The Hall–Kier alpha value is -0.380. The highest BCUT2D eigenvalue weighted by Gasteiger charge is 2.38. The molecular formula is C8H16F3N3O2S. The Balaban J connectivity index is 2.78. The lowest BCUT2D eigenvalue weighted by molar-refractivity contribution is -0.136. The van der Waals surface area contributed by atoms with Gasteiger partial charge in [-0.2, -0.15) is 30.2 Å². The van der Waals surface area contributed by atoms with Gasteiger partial charge in [0.2, 0.25) is 0 Å². The second-order valence-electron chi connectivity index (χ2n) is 3.70. The third-order valence-corrected chi connectivity index (χ3v) is 4.49. The topological polar surface area (TPSA) is 52.7 Å². The second kappa shape index (κ2) is 5.51. The molecule has 0 unspecified atom stereocenters. The van der Waals surface area contributed by atoms with Crippen LogP contribution in [0.25, 0.3) is 0 Å². The molecule has 0 saturated carbocycles. The minimum absolute atomic E-state index is 0.189. The summed E-state index contributed by atoms with van der Waals surface area (Å²) in [6, 6.07) is 0. The number of piperazine rings is 1. The molecule has 102 valence electrons. The van der Waals surface area contributed by atoms with Crippen molar-refractivity contribution in [1.29, 1.82) is 0 Å². The SMILES string of the molecule is CCN(CC(F)(F)F)S(=O)(=O)N1CCNCC1. The van der Waals surface area contributed by atoms with E-state index in [9.17, 15) is 21.6 Å². The van der Waals surface area contributed by atoms with Crippen molar-refractivity contribution in [2.45, 2.75) is 13.1 Å². The number of halogens is 3. The molecule has 0 aromatic carbocycles. The lowest BCUT2D eigenvalue weighted by atomic mass is 10.4. The summed E-state index contributed by atoms with van der Waals surface area (Å²) in [5, 5.41) is 2.95. The van der Waals surface area contributed by atoms with Crippen LogP contribution in [0, 0.1) is 0 Å². The second-order valence-corrected chi connectivity index (χ2v) is 5.63. The van der Waals surface area contributed by atoms with Crippen LogP contribution < -0.4 is 5.32 Å². The molecule has 0 aromatic heterocycles. The smallest absolute Gasteiger partial charge is 0.314 e. The zero-order chi connectivity index (χ0) is 13.1. The van der Waals surface area contributed by atoms with E-state index in [1.807, 2.05) is 0 Å². The first-order valence-corrected chi connectivity index (χ1v) is 6.70. The third-order valence-electron chi connectivity index (χ3n) is 2.44. The maximum absolute atomic E-state index is 12.3. The fourth-order valence-corrected chi connectivity index (χ4v) is 3.20. The van der Waals surface area contributed by atoms with E-state index in [0.29, 0.717) is 17.4 Å². The normalized spacial score (nSPS) is 19.8. The zero-order valence-electron chi connectivity index (χ0n) is 9.50. The minimum atomic E-state index is -4.52. The predicted octanol–water partition coefficient (Wildman–Crippen LogP) is 0.0206. The molecule has 17 heavy (non-hydrogen) atoms. The number of rotatable bonds is 4. The Bertz CT molecular complexity index is 338. The highest BCUT2D eigenvalue weighted by molar-refractivity contribution is 7.86. The molecular weight excluding hydrogens is 259 g/mol. The highest BCUT2D eigenvalue weighted by Crippen LogP contribution is 2.20. The number of nitrogens with one attached hydrogen (secondary N) is 1. The Morgan fingerprint density at radius 2 is 1.82 bits per heavy atom. The number of hydrogen-bond acceptors (Lipinski definition) is 3. The van der Waals surface area contributed by atoms with Crippen LogP contribution in [0.15, 0.2) is 0 Å². The monoisotopic (exact) mass is 275 g/mol. The molecule has 0 bridgehead atoms. The van der Waals surface area contributed by atoms with Gasteiger partial charge in [0.25, 0.3) is 10.2 Å². The van der Waals surface area contributed by atoms with E-state index in [4.69, 9.17) is 0 Å². The van der Waals surface area contributed by atoms with Crippen molar-refractivity contribution < 1.29 is 21.6 Å². The molecule has 1 rings (SSSR count). The van der Waals surface area contributed by atoms with Crippen molar-refractivity contribution in [3.8, 4) is 0 Å². The molecule has 1 aliphatic rings. The summed E-state index contributed by atoms with van der Waals surface area (Å²) in [7, 11) is -4.00. The molecule has 1 saturated heterocycles. The first-order valence-electron chi connectivity index (χ1n) is 5.30. The number of hydrogen-bond donors (Lipinski definition) is 1. The molecule has 0 radical (unpaired) electrons. The average Bonchev–Trinajstić information content (AvgIpc) is 2.25. The summed E-state index contributed by atoms with van der Waals surface area (Å²) in [4.78, 5) is 0. The van der Waals surface area contributed by atoms with Gasteiger partial charge in [-0.05, 0) is 0 Å². The lowest BCUT2D eigenvalue weighted by Gasteiger charge is -2.32. The maximum atomic E-state index is 12.3. The van der Waals surface area contributed by atoms with Gasteiger partial charge in [0, 0.05) is 32.7 Å². The molecule has 1 aliphatic heterocycles. The minimum Gasteiger partial charge on any atom is -0.314 e. The summed E-state index contributed by atoms with van der Waals surface area (Å²) in [5.74, 6) is 0.